The quantitative estimate of drug-likeness (QED) is 0.214. The minimum absolute atomic E-state index is 0.818. The molecule has 206 valence electrons. The highest BCUT2D eigenvalue weighted by atomic mass is 15.3. The van der Waals surface area contributed by atoms with E-state index >= 15 is 0 Å². The summed E-state index contributed by atoms with van der Waals surface area (Å²) in [6, 6.07) is 50.6. The van der Waals surface area contributed by atoms with Crippen molar-refractivity contribution in [1.29, 1.82) is 0 Å². The largest absolute Gasteiger partial charge is 0.240 e. The molecule has 0 saturated heterocycles. The van der Waals surface area contributed by atoms with Gasteiger partial charge >= 0.3 is 0 Å². The Balaban J connectivity index is 1.10. The van der Waals surface area contributed by atoms with Gasteiger partial charge in [-0.2, -0.15) is 10.2 Å². The van der Waals surface area contributed by atoms with Crippen molar-refractivity contribution in [3.8, 4) is 45.0 Å². The number of para-hydroxylation sites is 1. The van der Waals surface area contributed by atoms with Crippen LogP contribution in [-0.2, 0) is 0 Å². The maximum atomic E-state index is 5.07. The van der Waals surface area contributed by atoms with E-state index in [2.05, 4.69) is 128 Å². The van der Waals surface area contributed by atoms with Gasteiger partial charge in [0.1, 0.15) is 0 Å². The lowest BCUT2D eigenvalue weighted by atomic mass is 10.0. The molecule has 9 rings (SSSR count). The first-order valence-corrected chi connectivity index (χ1v) is 14.7. The van der Waals surface area contributed by atoms with Crippen LogP contribution in [0, 0.1) is 0 Å². The highest BCUT2D eigenvalue weighted by Gasteiger charge is 2.15. The van der Waals surface area contributed by atoms with Crippen molar-refractivity contribution in [2.75, 3.05) is 0 Å². The van der Waals surface area contributed by atoms with Crippen molar-refractivity contribution in [3.63, 3.8) is 0 Å². The Morgan fingerprint density at radius 2 is 1.16 bits per heavy atom. The molecular formula is C39H25N5. The van der Waals surface area contributed by atoms with Gasteiger partial charge in [-0.3, -0.25) is 0 Å². The lowest BCUT2D eigenvalue weighted by Crippen LogP contribution is -1.99. The summed E-state index contributed by atoms with van der Waals surface area (Å²) in [5.74, 6) is 0.818. The molecule has 4 aromatic heterocycles. The minimum Gasteiger partial charge on any atom is -0.240 e. The fourth-order valence-corrected chi connectivity index (χ4v) is 6.10. The molecule has 0 bridgehead atoms. The average molecular weight is 564 g/mol. The number of pyridine rings is 1. The topological polar surface area (TPSA) is 47.5 Å². The lowest BCUT2D eigenvalue weighted by molar-refractivity contribution is 0.949. The molecule has 5 aromatic carbocycles. The molecule has 0 aliphatic carbocycles. The highest BCUT2D eigenvalue weighted by molar-refractivity contribution is 5.96. The summed E-state index contributed by atoms with van der Waals surface area (Å²) in [4.78, 5) is 5.07. The van der Waals surface area contributed by atoms with E-state index < -0.39 is 0 Å². The molecule has 9 aromatic rings. The molecule has 0 unspecified atom stereocenters. The van der Waals surface area contributed by atoms with Gasteiger partial charge in [-0.05, 0) is 46.8 Å². The predicted octanol–water partition coefficient (Wildman–Crippen LogP) is 9.35. The van der Waals surface area contributed by atoms with E-state index in [0.29, 0.717) is 0 Å². The van der Waals surface area contributed by atoms with Crippen LogP contribution >= 0.6 is 0 Å². The van der Waals surface area contributed by atoms with Gasteiger partial charge in [0.2, 0.25) is 0 Å². The zero-order chi connectivity index (χ0) is 29.0. The predicted molar refractivity (Wildman–Crippen MR) is 178 cm³/mol. The maximum Gasteiger partial charge on any atom is 0.161 e. The van der Waals surface area contributed by atoms with Gasteiger partial charge in [0, 0.05) is 33.7 Å². The third kappa shape index (κ3) is 4.06. The van der Waals surface area contributed by atoms with Gasteiger partial charge in [0.25, 0.3) is 0 Å². The van der Waals surface area contributed by atoms with Crippen molar-refractivity contribution in [3.05, 3.63) is 152 Å². The first-order chi connectivity index (χ1) is 21.8. The first-order valence-electron chi connectivity index (χ1n) is 14.7. The summed E-state index contributed by atoms with van der Waals surface area (Å²) in [6.45, 7) is 0. The summed E-state index contributed by atoms with van der Waals surface area (Å²) < 4.78 is 3.95. The van der Waals surface area contributed by atoms with Crippen molar-refractivity contribution in [1.82, 2.24) is 24.2 Å². The van der Waals surface area contributed by atoms with Gasteiger partial charge in [-0.25, -0.2) is 14.0 Å². The van der Waals surface area contributed by atoms with E-state index in [0.717, 1.165) is 67.0 Å². The van der Waals surface area contributed by atoms with E-state index in [1.807, 2.05) is 33.3 Å². The molecule has 0 spiro atoms. The Hall–Kier alpha value is -6.07. The molecule has 4 heterocycles. The van der Waals surface area contributed by atoms with E-state index in [9.17, 15) is 0 Å². The second kappa shape index (κ2) is 9.75. The van der Waals surface area contributed by atoms with Crippen molar-refractivity contribution >= 4 is 32.7 Å². The van der Waals surface area contributed by atoms with Crippen LogP contribution in [0.2, 0.25) is 0 Å². The molecular weight excluding hydrogens is 538 g/mol. The number of hydrogen-bond donors (Lipinski definition) is 0. The molecule has 0 fully saturated rings. The Morgan fingerprint density at radius 1 is 0.455 bits per heavy atom. The standard InChI is InChI=1S/C39H25N5/c1-2-9-27(10-3-1)37-24-38-34-15-6-7-16-35(34)40-39(44(38)42-37)28-19-17-26(18-20-28)29-13-8-14-31(21-29)36-23-33-22-30-11-4-5-12-32(30)25-43(33)41-36/h1-25H. The SMILES string of the molecule is c1ccc(-c2cc3c4ccccc4nc(-c4ccc(-c5cccc(-c6cc7cc8ccccc8cn7n6)c5)cc4)n3n2)cc1. The molecule has 0 aliphatic heterocycles. The number of nitrogens with zero attached hydrogens (tertiary/aromatic N) is 5. The lowest BCUT2D eigenvalue weighted by Gasteiger charge is -2.09. The zero-order valence-corrected chi connectivity index (χ0v) is 23.7. The first kappa shape index (κ1) is 24.5. The van der Waals surface area contributed by atoms with Crippen LogP contribution in [0.25, 0.3) is 77.7 Å². The second-order valence-corrected chi connectivity index (χ2v) is 11.1. The molecule has 0 saturated carbocycles. The Morgan fingerprint density at radius 3 is 2.05 bits per heavy atom. The van der Waals surface area contributed by atoms with E-state index in [1.54, 1.807) is 0 Å². The van der Waals surface area contributed by atoms with Crippen molar-refractivity contribution in [2.45, 2.75) is 0 Å². The van der Waals surface area contributed by atoms with Crippen LogP contribution in [0.1, 0.15) is 0 Å². The van der Waals surface area contributed by atoms with Crippen LogP contribution in [-0.4, -0.2) is 24.2 Å². The normalized spacial score (nSPS) is 11.6. The van der Waals surface area contributed by atoms with Crippen LogP contribution in [0.5, 0.6) is 0 Å². The monoisotopic (exact) mass is 563 g/mol. The third-order valence-electron chi connectivity index (χ3n) is 8.35. The molecule has 0 N–H and O–H groups in total. The van der Waals surface area contributed by atoms with Gasteiger partial charge in [0.15, 0.2) is 5.82 Å². The van der Waals surface area contributed by atoms with Crippen LogP contribution in [0.15, 0.2) is 152 Å². The van der Waals surface area contributed by atoms with Crippen molar-refractivity contribution < 1.29 is 0 Å². The Bertz CT molecular complexity index is 2440. The number of fused-ring (bicyclic) bond motifs is 5. The van der Waals surface area contributed by atoms with E-state index in [4.69, 9.17) is 15.2 Å². The number of hydrogen-bond acceptors (Lipinski definition) is 3. The minimum atomic E-state index is 0.818. The zero-order valence-electron chi connectivity index (χ0n) is 23.7. The number of benzene rings is 5. The van der Waals surface area contributed by atoms with Crippen molar-refractivity contribution in [2.24, 2.45) is 0 Å². The summed E-state index contributed by atoms with van der Waals surface area (Å²) in [5.41, 5.74) is 10.4. The molecule has 0 atom stereocenters. The summed E-state index contributed by atoms with van der Waals surface area (Å²) >= 11 is 0. The van der Waals surface area contributed by atoms with Crippen LogP contribution in [0.4, 0.5) is 0 Å². The van der Waals surface area contributed by atoms with E-state index in [1.165, 1.54) is 10.8 Å². The molecule has 5 heteroatoms. The van der Waals surface area contributed by atoms with Gasteiger partial charge in [-0.1, -0.05) is 115 Å². The molecule has 0 aliphatic rings. The van der Waals surface area contributed by atoms with E-state index in [-0.39, 0.29) is 0 Å². The molecule has 44 heavy (non-hydrogen) atoms. The second-order valence-electron chi connectivity index (χ2n) is 11.1. The Kier molecular flexibility index (Phi) is 5.43. The highest BCUT2D eigenvalue weighted by Crippen LogP contribution is 2.32. The fourth-order valence-electron chi connectivity index (χ4n) is 6.10. The molecule has 0 amide bonds. The molecule has 5 nitrogen and oxygen atoms in total. The van der Waals surface area contributed by atoms with Crippen LogP contribution in [0.3, 0.4) is 0 Å². The number of rotatable bonds is 4. The molecule has 0 radical (unpaired) electrons. The maximum absolute atomic E-state index is 5.07. The van der Waals surface area contributed by atoms with Gasteiger partial charge in [-0.15, -0.1) is 0 Å². The number of aromatic nitrogens is 5. The van der Waals surface area contributed by atoms with Gasteiger partial charge in [0.05, 0.1) is 27.9 Å². The third-order valence-corrected chi connectivity index (χ3v) is 8.35. The Labute approximate surface area is 253 Å². The average Bonchev–Trinajstić information content (AvgIpc) is 3.73. The summed E-state index contributed by atoms with van der Waals surface area (Å²) in [6.07, 6.45) is 2.09. The summed E-state index contributed by atoms with van der Waals surface area (Å²) in [5, 5.41) is 13.4. The van der Waals surface area contributed by atoms with Crippen LogP contribution < -0.4 is 0 Å². The van der Waals surface area contributed by atoms with Gasteiger partial charge < -0.3 is 0 Å². The fraction of sp³-hybridized carbons (Fsp3) is 0. The smallest absolute Gasteiger partial charge is 0.161 e. The summed E-state index contributed by atoms with van der Waals surface area (Å²) in [7, 11) is 0.